The summed E-state index contributed by atoms with van der Waals surface area (Å²) in [7, 11) is 4.97. The zero-order valence-corrected chi connectivity index (χ0v) is 11.4. The Morgan fingerprint density at radius 1 is 1.16 bits per heavy atom. The standard InChI is InChI=1S/C14H18N2O3/c1-15-8-12(9-16(2)14(15)18)10-4-6-11(7-5-10)13(17)19-3/h4-7,12H,8-9H2,1-3H3. The number of hydrogen-bond acceptors (Lipinski definition) is 3. The Hall–Kier alpha value is -2.04. The molecule has 1 aromatic rings. The van der Waals surface area contributed by atoms with Crippen molar-refractivity contribution >= 4 is 12.0 Å². The van der Waals surface area contributed by atoms with Gasteiger partial charge in [0.05, 0.1) is 12.7 Å². The van der Waals surface area contributed by atoms with Crippen LogP contribution >= 0.6 is 0 Å². The highest BCUT2D eigenvalue weighted by molar-refractivity contribution is 5.89. The van der Waals surface area contributed by atoms with Crippen LogP contribution in [0.3, 0.4) is 0 Å². The molecule has 0 N–H and O–H groups in total. The van der Waals surface area contributed by atoms with E-state index in [1.54, 1.807) is 36.0 Å². The first-order valence-corrected chi connectivity index (χ1v) is 6.17. The zero-order chi connectivity index (χ0) is 14.0. The summed E-state index contributed by atoms with van der Waals surface area (Å²) in [5.41, 5.74) is 1.67. The van der Waals surface area contributed by atoms with Crippen molar-refractivity contribution in [2.45, 2.75) is 5.92 Å². The fourth-order valence-corrected chi connectivity index (χ4v) is 2.39. The first kappa shape index (κ1) is 13.4. The second kappa shape index (κ2) is 5.30. The third kappa shape index (κ3) is 2.70. The van der Waals surface area contributed by atoms with E-state index in [4.69, 9.17) is 0 Å². The fraction of sp³-hybridized carbons (Fsp3) is 0.429. The van der Waals surface area contributed by atoms with Crippen LogP contribution in [0.5, 0.6) is 0 Å². The molecule has 1 aliphatic heterocycles. The van der Waals surface area contributed by atoms with Gasteiger partial charge in [0.25, 0.3) is 0 Å². The van der Waals surface area contributed by atoms with Crippen LogP contribution in [0.15, 0.2) is 24.3 Å². The summed E-state index contributed by atoms with van der Waals surface area (Å²) < 4.78 is 4.67. The number of hydrogen-bond donors (Lipinski definition) is 0. The molecular weight excluding hydrogens is 244 g/mol. The van der Waals surface area contributed by atoms with Crippen LogP contribution in [-0.4, -0.2) is 56.1 Å². The van der Waals surface area contributed by atoms with E-state index in [-0.39, 0.29) is 17.9 Å². The molecule has 19 heavy (non-hydrogen) atoms. The number of ether oxygens (including phenoxy) is 1. The Morgan fingerprint density at radius 3 is 2.16 bits per heavy atom. The summed E-state index contributed by atoms with van der Waals surface area (Å²) in [6, 6.07) is 7.42. The van der Waals surface area contributed by atoms with Gasteiger partial charge in [0.1, 0.15) is 0 Å². The Kier molecular flexibility index (Phi) is 3.74. The molecule has 0 atom stereocenters. The molecule has 1 saturated heterocycles. The monoisotopic (exact) mass is 262 g/mol. The van der Waals surface area contributed by atoms with Gasteiger partial charge in [-0.3, -0.25) is 0 Å². The number of benzene rings is 1. The van der Waals surface area contributed by atoms with Crippen molar-refractivity contribution in [3.05, 3.63) is 35.4 Å². The highest BCUT2D eigenvalue weighted by Crippen LogP contribution is 2.23. The van der Waals surface area contributed by atoms with E-state index in [2.05, 4.69) is 4.74 Å². The van der Waals surface area contributed by atoms with E-state index in [0.717, 1.165) is 5.56 Å². The SMILES string of the molecule is COC(=O)c1ccc(C2CN(C)C(=O)N(C)C2)cc1. The Bertz CT molecular complexity index is 470. The lowest BCUT2D eigenvalue weighted by molar-refractivity contribution is 0.0600. The number of likely N-dealkylation sites (N-methyl/N-ethyl adjacent to an activating group) is 2. The fourth-order valence-electron chi connectivity index (χ4n) is 2.39. The third-order valence-corrected chi connectivity index (χ3v) is 3.44. The number of esters is 1. The lowest BCUT2D eigenvalue weighted by atomic mass is 9.95. The number of urea groups is 1. The van der Waals surface area contributed by atoms with Crippen molar-refractivity contribution in [3.8, 4) is 0 Å². The van der Waals surface area contributed by atoms with Gasteiger partial charge in [-0.25, -0.2) is 9.59 Å². The summed E-state index contributed by atoms with van der Waals surface area (Å²) in [5.74, 6) is -0.0704. The number of carbonyl (C=O) groups is 2. The van der Waals surface area contributed by atoms with Gasteiger partial charge in [-0.1, -0.05) is 12.1 Å². The van der Waals surface area contributed by atoms with Gasteiger partial charge in [-0.2, -0.15) is 0 Å². The van der Waals surface area contributed by atoms with E-state index in [1.165, 1.54) is 7.11 Å². The molecule has 0 radical (unpaired) electrons. The average Bonchev–Trinajstić information content (AvgIpc) is 2.43. The summed E-state index contributed by atoms with van der Waals surface area (Å²) in [6.07, 6.45) is 0. The number of nitrogens with zero attached hydrogens (tertiary/aromatic N) is 2. The van der Waals surface area contributed by atoms with Crippen molar-refractivity contribution in [2.24, 2.45) is 0 Å². The minimum atomic E-state index is -0.334. The number of methoxy groups -OCH3 is 1. The maximum absolute atomic E-state index is 11.7. The van der Waals surface area contributed by atoms with E-state index in [9.17, 15) is 9.59 Å². The van der Waals surface area contributed by atoms with Crippen molar-refractivity contribution in [1.29, 1.82) is 0 Å². The molecule has 5 nitrogen and oxygen atoms in total. The lowest BCUT2D eigenvalue weighted by Gasteiger charge is -2.36. The second-order valence-corrected chi connectivity index (χ2v) is 4.85. The van der Waals surface area contributed by atoms with Gasteiger partial charge in [0.2, 0.25) is 0 Å². The second-order valence-electron chi connectivity index (χ2n) is 4.85. The van der Waals surface area contributed by atoms with Crippen LogP contribution in [0.4, 0.5) is 4.79 Å². The molecular formula is C14H18N2O3. The number of carbonyl (C=O) groups excluding carboxylic acids is 2. The van der Waals surface area contributed by atoms with Crippen LogP contribution < -0.4 is 0 Å². The molecule has 0 saturated carbocycles. The molecule has 0 spiro atoms. The van der Waals surface area contributed by atoms with Gasteiger partial charge in [0.15, 0.2) is 0 Å². The van der Waals surface area contributed by atoms with E-state index >= 15 is 0 Å². The van der Waals surface area contributed by atoms with Gasteiger partial charge < -0.3 is 14.5 Å². The van der Waals surface area contributed by atoms with Gasteiger partial charge in [0, 0.05) is 33.1 Å². The zero-order valence-electron chi connectivity index (χ0n) is 11.4. The van der Waals surface area contributed by atoms with Crippen LogP contribution in [-0.2, 0) is 4.74 Å². The van der Waals surface area contributed by atoms with Crippen LogP contribution in [0.2, 0.25) is 0 Å². The summed E-state index contributed by atoms with van der Waals surface area (Å²) in [5, 5.41) is 0. The molecule has 1 heterocycles. The van der Waals surface area contributed by atoms with Gasteiger partial charge >= 0.3 is 12.0 Å². The predicted octanol–water partition coefficient (Wildman–Crippen LogP) is 1.55. The molecule has 102 valence electrons. The van der Waals surface area contributed by atoms with E-state index in [1.807, 2.05) is 12.1 Å². The van der Waals surface area contributed by atoms with Crippen molar-refractivity contribution in [2.75, 3.05) is 34.3 Å². The Morgan fingerprint density at radius 2 is 1.68 bits per heavy atom. The van der Waals surface area contributed by atoms with Crippen LogP contribution in [0.25, 0.3) is 0 Å². The molecule has 1 fully saturated rings. The molecule has 0 aromatic heterocycles. The molecule has 5 heteroatoms. The third-order valence-electron chi connectivity index (χ3n) is 3.44. The summed E-state index contributed by atoms with van der Waals surface area (Å²) in [4.78, 5) is 26.5. The maximum Gasteiger partial charge on any atom is 0.337 e. The molecule has 2 rings (SSSR count). The summed E-state index contributed by atoms with van der Waals surface area (Å²) >= 11 is 0. The number of amides is 2. The minimum absolute atomic E-state index is 0.0439. The molecule has 0 bridgehead atoms. The highest BCUT2D eigenvalue weighted by atomic mass is 16.5. The first-order valence-electron chi connectivity index (χ1n) is 6.17. The largest absolute Gasteiger partial charge is 0.465 e. The van der Waals surface area contributed by atoms with Gasteiger partial charge in [-0.05, 0) is 17.7 Å². The average molecular weight is 262 g/mol. The quantitative estimate of drug-likeness (QED) is 0.760. The topological polar surface area (TPSA) is 49.9 Å². The lowest BCUT2D eigenvalue weighted by Crippen LogP contribution is -2.48. The summed E-state index contributed by atoms with van der Waals surface area (Å²) in [6.45, 7) is 1.39. The first-order chi connectivity index (χ1) is 9.02. The number of rotatable bonds is 2. The molecule has 0 unspecified atom stereocenters. The highest BCUT2D eigenvalue weighted by Gasteiger charge is 2.27. The molecule has 1 aliphatic rings. The Balaban J connectivity index is 2.14. The van der Waals surface area contributed by atoms with E-state index in [0.29, 0.717) is 18.7 Å². The van der Waals surface area contributed by atoms with Gasteiger partial charge in [-0.15, -0.1) is 0 Å². The van der Waals surface area contributed by atoms with Crippen LogP contribution in [0.1, 0.15) is 21.8 Å². The van der Waals surface area contributed by atoms with Crippen LogP contribution in [0, 0.1) is 0 Å². The van der Waals surface area contributed by atoms with Crippen molar-refractivity contribution in [1.82, 2.24) is 9.80 Å². The van der Waals surface area contributed by atoms with E-state index < -0.39 is 0 Å². The predicted molar refractivity (Wildman–Crippen MR) is 71.2 cm³/mol. The maximum atomic E-state index is 11.7. The normalized spacial score (nSPS) is 16.7. The smallest absolute Gasteiger partial charge is 0.337 e. The molecule has 2 amide bonds. The Labute approximate surface area is 112 Å². The molecule has 0 aliphatic carbocycles. The molecule has 1 aromatic carbocycles. The minimum Gasteiger partial charge on any atom is -0.465 e. The van der Waals surface area contributed by atoms with Crippen molar-refractivity contribution in [3.63, 3.8) is 0 Å². The van der Waals surface area contributed by atoms with Crippen molar-refractivity contribution < 1.29 is 14.3 Å².